The lowest BCUT2D eigenvalue weighted by Crippen LogP contribution is -2.47. The van der Waals surface area contributed by atoms with Crippen LogP contribution >= 0.6 is 0 Å². The van der Waals surface area contributed by atoms with Crippen LogP contribution in [0.1, 0.15) is 32.6 Å². The highest BCUT2D eigenvalue weighted by atomic mass is 19.4. The molecule has 1 aliphatic rings. The molecule has 0 spiro atoms. The molecule has 2 unspecified atom stereocenters. The summed E-state index contributed by atoms with van der Waals surface area (Å²) < 4.78 is 37.6. The highest BCUT2D eigenvalue weighted by Crippen LogP contribution is 2.34. The summed E-state index contributed by atoms with van der Waals surface area (Å²) in [5.41, 5.74) is -0.401. The largest absolute Gasteiger partial charge is 0.401 e. The van der Waals surface area contributed by atoms with E-state index in [0.717, 1.165) is 6.42 Å². The summed E-state index contributed by atoms with van der Waals surface area (Å²) >= 11 is 0. The first-order chi connectivity index (χ1) is 8.36. The maximum Gasteiger partial charge on any atom is 0.401 e. The highest BCUT2D eigenvalue weighted by molar-refractivity contribution is 4.98. The Bertz CT molecular complexity index is 254. The fourth-order valence-electron chi connectivity index (χ4n) is 2.77. The maximum absolute atomic E-state index is 12.5. The van der Waals surface area contributed by atoms with E-state index < -0.39 is 18.3 Å². The van der Waals surface area contributed by atoms with E-state index >= 15 is 0 Å². The second-order valence-corrected chi connectivity index (χ2v) is 5.17. The van der Waals surface area contributed by atoms with Gasteiger partial charge in [0, 0.05) is 11.6 Å². The molecule has 6 heteroatoms. The van der Waals surface area contributed by atoms with Gasteiger partial charge in [0.2, 0.25) is 0 Å². The molecule has 1 saturated carbocycles. The van der Waals surface area contributed by atoms with Gasteiger partial charge in [-0.1, -0.05) is 6.92 Å². The number of aliphatic hydroxyl groups excluding tert-OH is 1. The molecule has 0 radical (unpaired) electrons. The van der Waals surface area contributed by atoms with Gasteiger partial charge in [-0.25, -0.2) is 0 Å². The van der Waals surface area contributed by atoms with Crippen molar-refractivity contribution in [3.8, 4) is 0 Å². The number of nitrogens with one attached hydrogen (secondary N) is 1. The first-order valence-corrected chi connectivity index (χ1v) is 6.46. The fourth-order valence-corrected chi connectivity index (χ4v) is 2.77. The Hall–Kier alpha value is -0.330. The maximum atomic E-state index is 12.5. The third-order valence-electron chi connectivity index (χ3n) is 3.83. The number of likely N-dealkylation sites (N-methyl/N-ethyl adjacent to an activating group) is 1. The smallest absolute Gasteiger partial charge is 0.394 e. The molecule has 2 atom stereocenters. The number of nitrogens with zero attached hydrogens (tertiary/aromatic N) is 1. The zero-order chi connectivity index (χ0) is 13.8. The molecule has 0 aromatic rings. The first kappa shape index (κ1) is 15.7. The van der Waals surface area contributed by atoms with Gasteiger partial charge in [-0.05, 0) is 39.3 Å². The van der Waals surface area contributed by atoms with E-state index in [4.69, 9.17) is 0 Å². The molecule has 3 nitrogen and oxygen atoms in total. The Labute approximate surface area is 106 Å². The van der Waals surface area contributed by atoms with Crippen molar-refractivity contribution in [1.29, 1.82) is 0 Å². The van der Waals surface area contributed by atoms with Crippen LogP contribution in [-0.2, 0) is 0 Å². The van der Waals surface area contributed by atoms with Crippen LogP contribution in [0.2, 0.25) is 0 Å². The number of aliphatic hydroxyl groups is 1. The Morgan fingerprint density at radius 1 is 1.44 bits per heavy atom. The Balaban J connectivity index is 2.65. The molecule has 0 aromatic heterocycles. The van der Waals surface area contributed by atoms with Crippen LogP contribution in [0.5, 0.6) is 0 Å². The van der Waals surface area contributed by atoms with Crippen LogP contribution in [0.15, 0.2) is 0 Å². The zero-order valence-corrected chi connectivity index (χ0v) is 11.1. The summed E-state index contributed by atoms with van der Waals surface area (Å²) in [4.78, 5) is 1.51. The standard InChI is InChI=1S/C12H23F3N2O/c1-3-6-17(8-12(13,14)15)10-4-5-11(7-10,9-18)16-2/h10,16,18H,3-9H2,1-2H3. The van der Waals surface area contributed by atoms with Crippen molar-refractivity contribution in [2.24, 2.45) is 0 Å². The quantitative estimate of drug-likeness (QED) is 0.770. The van der Waals surface area contributed by atoms with E-state index in [2.05, 4.69) is 5.32 Å². The van der Waals surface area contributed by atoms with Crippen molar-refractivity contribution in [3.05, 3.63) is 0 Å². The SMILES string of the molecule is CCCN(CC(F)(F)F)C1CCC(CO)(NC)C1. The summed E-state index contributed by atoms with van der Waals surface area (Å²) in [5.74, 6) is 0. The van der Waals surface area contributed by atoms with Crippen LogP contribution in [0.4, 0.5) is 13.2 Å². The molecule has 1 rings (SSSR count). The molecule has 0 bridgehead atoms. The van der Waals surface area contributed by atoms with Crippen molar-refractivity contribution in [1.82, 2.24) is 10.2 Å². The molecule has 0 aliphatic heterocycles. The average molecular weight is 268 g/mol. The Morgan fingerprint density at radius 3 is 2.50 bits per heavy atom. The molecular weight excluding hydrogens is 245 g/mol. The van der Waals surface area contributed by atoms with E-state index in [1.807, 2.05) is 6.92 Å². The van der Waals surface area contributed by atoms with Gasteiger partial charge in [-0.3, -0.25) is 4.90 Å². The molecule has 1 aliphatic carbocycles. The molecule has 108 valence electrons. The third kappa shape index (κ3) is 4.10. The average Bonchev–Trinajstić information content (AvgIpc) is 2.72. The van der Waals surface area contributed by atoms with Crippen molar-refractivity contribution in [2.45, 2.75) is 50.4 Å². The fraction of sp³-hybridized carbons (Fsp3) is 1.00. The minimum atomic E-state index is -4.15. The Kier molecular flexibility index (Phi) is 5.43. The second kappa shape index (κ2) is 6.21. The van der Waals surface area contributed by atoms with Crippen LogP contribution in [0, 0.1) is 0 Å². The van der Waals surface area contributed by atoms with Gasteiger partial charge in [0.05, 0.1) is 13.2 Å². The number of halogens is 3. The first-order valence-electron chi connectivity index (χ1n) is 6.46. The topological polar surface area (TPSA) is 35.5 Å². The minimum Gasteiger partial charge on any atom is -0.394 e. The molecule has 0 saturated heterocycles. The van der Waals surface area contributed by atoms with E-state index in [0.29, 0.717) is 25.8 Å². The lowest BCUT2D eigenvalue weighted by Gasteiger charge is -2.32. The van der Waals surface area contributed by atoms with E-state index in [-0.39, 0.29) is 12.6 Å². The summed E-state index contributed by atoms with van der Waals surface area (Å²) in [5, 5.41) is 12.4. The van der Waals surface area contributed by atoms with Crippen molar-refractivity contribution in [2.75, 3.05) is 26.7 Å². The molecular formula is C12H23F3N2O. The lowest BCUT2D eigenvalue weighted by molar-refractivity contribution is -0.151. The van der Waals surface area contributed by atoms with Gasteiger partial charge in [-0.15, -0.1) is 0 Å². The predicted molar refractivity (Wildman–Crippen MR) is 64.4 cm³/mol. The van der Waals surface area contributed by atoms with Crippen molar-refractivity contribution >= 4 is 0 Å². The number of alkyl halides is 3. The number of rotatable bonds is 6. The normalized spacial score (nSPS) is 29.2. The number of hydrogen-bond acceptors (Lipinski definition) is 3. The molecule has 0 aromatic carbocycles. The van der Waals surface area contributed by atoms with Gasteiger partial charge in [0.15, 0.2) is 0 Å². The van der Waals surface area contributed by atoms with Gasteiger partial charge in [0.1, 0.15) is 0 Å². The van der Waals surface area contributed by atoms with Crippen LogP contribution < -0.4 is 5.32 Å². The second-order valence-electron chi connectivity index (χ2n) is 5.17. The molecule has 0 amide bonds. The summed E-state index contributed by atoms with van der Waals surface area (Å²) in [6, 6.07) is -0.0915. The molecule has 0 heterocycles. The van der Waals surface area contributed by atoms with Crippen LogP contribution in [-0.4, -0.2) is 54.5 Å². The highest BCUT2D eigenvalue weighted by Gasteiger charge is 2.42. The van der Waals surface area contributed by atoms with E-state index in [1.54, 1.807) is 7.05 Å². The van der Waals surface area contributed by atoms with Crippen LogP contribution in [0.3, 0.4) is 0 Å². The monoisotopic (exact) mass is 268 g/mol. The van der Waals surface area contributed by atoms with Crippen molar-refractivity contribution < 1.29 is 18.3 Å². The van der Waals surface area contributed by atoms with Gasteiger partial charge in [-0.2, -0.15) is 13.2 Å². The minimum absolute atomic E-state index is 0.0218. The van der Waals surface area contributed by atoms with Crippen molar-refractivity contribution in [3.63, 3.8) is 0 Å². The predicted octanol–water partition coefficient (Wildman–Crippen LogP) is 1.76. The van der Waals surface area contributed by atoms with Crippen LogP contribution in [0.25, 0.3) is 0 Å². The molecule has 2 N–H and O–H groups in total. The van der Waals surface area contributed by atoms with Gasteiger partial charge >= 0.3 is 6.18 Å². The third-order valence-corrected chi connectivity index (χ3v) is 3.83. The summed E-state index contributed by atoms with van der Waals surface area (Å²) in [6.07, 6.45) is -1.44. The molecule has 1 fully saturated rings. The van der Waals surface area contributed by atoms with E-state index in [9.17, 15) is 18.3 Å². The van der Waals surface area contributed by atoms with Gasteiger partial charge < -0.3 is 10.4 Å². The molecule has 18 heavy (non-hydrogen) atoms. The van der Waals surface area contributed by atoms with E-state index in [1.165, 1.54) is 4.90 Å². The lowest BCUT2D eigenvalue weighted by atomic mass is 9.99. The summed E-state index contributed by atoms with van der Waals surface area (Å²) in [7, 11) is 1.76. The Morgan fingerprint density at radius 2 is 2.11 bits per heavy atom. The van der Waals surface area contributed by atoms with Gasteiger partial charge in [0.25, 0.3) is 0 Å². The summed E-state index contributed by atoms with van der Waals surface area (Å²) in [6.45, 7) is 1.47. The zero-order valence-electron chi connectivity index (χ0n) is 11.1. The number of hydrogen-bond donors (Lipinski definition) is 2.